The molecule has 7 heteroatoms. The third kappa shape index (κ3) is 2.30. The van der Waals surface area contributed by atoms with Crippen LogP contribution in [0.1, 0.15) is 0 Å². The Balaban J connectivity index is 2.17. The van der Waals surface area contributed by atoms with Gasteiger partial charge in [0.2, 0.25) is 0 Å². The summed E-state index contributed by atoms with van der Waals surface area (Å²) >= 11 is 0. The third-order valence-corrected chi connectivity index (χ3v) is 2.46. The lowest BCUT2D eigenvalue weighted by Gasteiger charge is -2.12. The van der Waals surface area contributed by atoms with Crippen LogP contribution in [0.4, 0.5) is 16.2 Å². The van der Waals surface area contributed by atoms with Crippen molar-refractivity contribution in [3.8, 4) is 0 Å². The molecule has 2 rings (SSSR count). The summed E-state index contributed by atoms with van der Waals surface area (Å²) in [5, 5.41) is 3.45. The van der Waals surface area contributed by atoms with E-state index in [4.69, 9.17) is 16.0 Å². The van der Waals surface area contributed by atoms with Crippen LogP contribution < -0.4 is 10.6 Å². The number of hydrogen-bond donors (Lipinski definition) is 1. The molecule has 0 bridgehead atoms. The molecule has 1 aliphatic rings. The van der Waals surface area contributed by atoms with Crippen molar-refractivity contribution in [2.45, 2.75) is 6.10 Å². The highest BCUT2D eigenvalue weighted by atomic mass is 16.6. The number of nitrogens with zero attached hydrogens (tertiary/aromatic N) is 4. The number of benzene rings is 1. The van der Waals surface area contributed by atoms with E-state index in [2.05, 4.69) is 10.0 Å². The molecule has 2 N–H and O–H groups in total. The Morgan fingerprint density at radius 2 is 2.24 bits per heavy atom. The zero-order valence-electron chi connectivity index (χ0n) is 8.98. The Kier molecular flexibility index (Phi) is 3.13. The highest BCUT2D eigenvalue weighted by Gasteiger charge is 2.31. The molecule has 7 nitrogen and oxygen atoms in total. The largest absolute Gasteiger partial charge is 0.443 e. The molecular formula is C10H11N5O2. The Hall–Kier alpha value is -2.24. The molecule has 1 aliphatic heterocycles. The van der Waals surface area contributed by atoms with Gasteiger partial charge in [-0.1, -0.05) is 17.2 Å². The Morgan fingerprint density at radius 1 is 1.53 bits per heavy atom. The van der Waals surface area contributed by atoms with E-state index in [1.807, 2.05) is 0 Å². The number of carbonyl (C=O) groups excluding carboxylic acids is 1. The molecular weight excluding hydrogens is 222 g/mol. The summed E-state index contributed by atoms with van der Waals surface area (Å²) < 4.78 is 5.04. The van der Waals surface area contributed by atoms with E-state index in [-0.39, 0.29) is 6.10 Å². The second-order valence-electron chi connectivity index (χ2n) is 3.56. The van der Waals surface area contributed by atoms with Gasteiger partial charge < -0.3 is 10.5 Å². The molecule has 0 saturated carbocycles. The zero-order valence-corrected chi connectivity index (χ0v) is 8.98. The molecule has 1 saturated heterocycles. The van der Waals surface area contributed by atoms with E-state index in [0.717, 1.165) is 0 Å². The van der Waals surface area contributed by atoms with Crippen LogP contribution in [0.15, 0.2) is 29.4 Å². The second kappa shape index (κ2) is 4.73. The van der Waals surface area contributed by atoms with Crippen molar-refractivity contribution < 1.29 is 9.53 Å². The Morgan fingerprint density at radius 3 is 2.76 bits per heavy atom. The topological polar surface area (TPSA) is 104 Å². The van der Waals surface area contributed by atoms with Gasteiger partial charge in [-0.15, -0.1) is 0 Å². The number of hydrogen-bond acceptors (Lipinski definition) is 4. The van der Waals surface area contributed by atoms with Gasteiger partial charge in [0.15, 0.2) is 0 Å². The van der Waals surface area contributed by atoms with Gasteiger partial charge in [-0.2, -0.15) is 0 Å². The van der Waals surface area contributed by atoms with E-state index in [0.29, 0.717) is 24.5 Å². The molecule has 1 fully saturated rings. The number of rotatable bonds is 3. The molecule has 1 atom stereocenters. The van der Waals surface area contributed by atoms with Crippen LogP contribution in [0.2, 0.25) is 0 Å². The molecule has 0 aromatic heterocycles. The molecule has 1 aromatic rings. The number of amides is 1. The van der Waals surface area contributed by atoms with Crippen molar-refractivity contribution in [2.75, 3.05) is 18.0 Å². The van der Waals surface area contributed by atoms with E-state index in [1.54, 1.807) is 24.3 Å². The van der Waals surface area contributed by atoms with Crippen LogP contribution >= 0.6 is 0 Å². The number of azide groups is 1. The van der Waals surface area contributed by atoms with Gasteiger partial charge in [0.1, 0.15) is 6.10 Å². The minimum Gasteiger partial charge on any atom is -0.443 e. The van der Waals surface area contributed by atoms with Crippen molar-refractivity contribution in [3.05, 3.63) is 34.7 Å². The standard InChI is InChI=1S/C10H11N5O2/c11-5-9-6-15(10(16)17-9)8-3-1-7(2-4-8)13-14-12/h1-4,9H,5-6,11H2/t9-/m0/s1. The first-order chi connectivity index (χ1) is 8.24. The smallest absolute Gasteiger partial charge is 0.414 e. The van der Waals surface area contributed by atoms with Gasteiger partial charge in [-0.05, 0) is 17.7 Å². The number of anilines is 1. The van der Waals surface area contributed by atoms with Crippen LogP contribution in [0.3, 0.4) is 0 Å². The molecule has 0 radical (unpaired) electrons. The maximum atomic E-state index is 11.5. The van der Waals surface area contributed by atoms with Crippen LogP contribution in [0.5, 0.6) is 0 Å². The lowest BCUT2D eigenvalue weighted by molar-refractivity contribution is 0.145. The summed E-state index contributed by atoms with van der Waals surface area (Å²) in [6.07, 6.45) is -0.670. The van der Waals surface area contributed by atoms with Crippen LogP contribution in [-0.4, -0.2) is 25.3 Å². The summed E-state index contributed by atoms with van der Waals surface area (Å²) in [4.78, 5) is 15.7. The summed E-state index contributed by atoms with van der Waals surface area (Å²) in [6.45, 7) is 0.745. The summed E-state index contributed by atoms with van der Waals surface area (Å²) in [7, 11) is 0. The average molecular weight is 233 g/mol. The quantitative estimate of drug-likeness (QED) is 0.489. The van der Waals surface area contributed by atoms with Crippen LogP contribution in [0, 0.1) is 0 Å². The molecule has 1 heterocycles. The van der Waals surface area contributed by atoms with Crippen molar-refractivity contribution in [2.24, 2.45) is 10.8 Å². The van der Waals surface area contributed by atoms with E-state index < -0.39 is 6.09 Å². The fraction of sp³-hybridized carbons (Fsp3) is 0.300. The Bertz CT molecular complexity index is 466. The fourth-order valence-corrected chi connectivity index (χ4v) is 1.61. The average Bonchev–Trinajstić information content (AvgIpc) is 2.72. The molecule has 1 aromatic carbocycles. The van der Waals surface area contributed by atoms with Crippen molar-refractivity contribution in [1.82, 2.24) is 0 Å². The molecule has 0 aliphatic carbocycles. The first-order valence-corrected chi connectivity index (χ1v) is 5.08. The SMILES string of the molecule is [N-]=[N+]=Nc1ccc(N2C[C@H](CN)OC2=O)cc1. The van der Waals surface area contributed by atoms with Crippen molar-refractivity contribution >= 4 is 17.5 Å². The minimum atomic E-state index is -0.406. The van der Waals surface area contributed by atoms with Gasteiger partial charge in [-0.25, -0.2) is 4.79 Å². The summed E-state index contributed by atoms with van der Waals surface area (Å²) in [6, 6.07) is 6.67. The molecule has 88 valence electrons. The van der Waals surface area contributed by atoms with Gasteiger partial charge in [-0.3, -0.25) is 4.90 Å². The fourth-order valence-electron chi connectivity index (χ4n) is 1.61. The maximum absolute atomic E-state index is 11.5. The minimum absolute atomic E-state index is 0.265. The Labute approximate surface area is 97.4 Å². The zero-order chi connectivity index (χ0) is 12.3. The summed E-state index contributed by atoms with van der Waals surface area (Å²) in [5.41, 5.74) is 14.9. The lowest BCUT2D eigenvalue weighted by atomic mass is 10.2. The number of ether oxygens (including phenoxy) is 1. The molecule has 0 spiro atoms. The second-order valence-corrected chi connectivity index (χ2v) is 3.56. The number of cyclic esters (lactones) is 1. The van der Waals surface area contributed by atoms with Gasteiger partial charge in [0, 0.05) is 22.8 Å². The van der Waals surface area contributed by atoms with Gasteiger partial charge in [0.05, 0.1) is 6.54 Å². The van der Waals surface area contributed by atoms with E-state index >= 15 is 0 Å². The lowest BCUT2D eigenvalue weighted by Crippen LogP contribution is -2.27. The normalized spacial score (nSPS) is 18.8. The summed E-state index contributed by atoms with van der Waals surface area (Å²) in [5.74, 6) is 0. The van der Waals surface area contributed by atoms with Gasteiger partial charge in [0.25, 0.3) is 0 Å². The van der Waals surface area contributed by atoms with E-state index in [9.17, 15) is 4.79 Å². The number of carbonyl (C=O) groups is 1. The predicted molar refractivity (Wildman–Crippen MR) is 61.9 cm³/mol. The van der Waals surface area contributed by atoms with Crippen molar-refractivity contribution in [1.29, 1.82) is 0 Å². The first kappa shape index (κ1) is 11.3. The highest BCUT2D eigenvalue weighted by Crippen LogP contribution is 2.24. The number of nitrogens with two attached hydrogens (primary N) is 1. The maximum Gasteiger partial charge on any atom is 0.414 e. The van der Waals surface area contributed by atoms with Crippen LogP contribution in [-0.2, 0) is 4.74 Å². The van der Waals surface area contributed by atoms with Crippen molar-refractivity contribution in [3.63, 3.8) is 0 Å². The monoisotopic (exact) mass is 233 g/mol. The molecule has 0 unspecified atom stereocenters. The predicted octanol–water partition coefficient (Wildman–Crippen LogP) is 1.91. The van der Waals surface area contributed by atoms with Crippen LogP contribution in [0.25, 0.3) is 10.4 Å². The van der Waals surface area contributed by atoms with E-state index in [1.165, 1.54) is 4.90 Å². The highest BCUT2D eigenvalue weighted by molar-refractivity contribution is 5.89. The molecule has 1 amide bonds. The third-order valence-electron chi connectivity index (χ3n) is 2.46. The molecule has 17 heavy (non-hydrogen) atoms. The first-order valence-electron chi connectivity index (χ1n) is 5.08. The van der Waals surface area contributed by atoms with Gasteiger partial charge >= 0.3 is 6.09 Å².